The number of rotatable bonds is 1. The summed E-state index contributed by atoms with van der Waals surface area (Å²) in [5.41, 5.74) is 0.0171. The molecule has 0 amide bonds. The summed E-state index contributed by atoms with van der Waals surface area (Å²) in [5.74, 6) is 0. The molecule has 0 atom stereocenters. The maximum Gasteiger partial charge on any atom is 0.365 e. The number of nitrogens with zero attached hydrogens (tertiary/aromatic N) is 4. The van der Waals surface area contributed by atoms with Crippen molar-refractivity contribution in [3.8, 4) is 5.69 Å². The second kappa shape index (κ2) is 2.98. The van der Waals surface area contributed by atoms with E-state index in [1.54, 1.807) is 6.07 Å². The van der Waals surface area contributed by atoms with Crippen LogP contribution in [0.4, 0.5) is 0 Å². The fraction of sp³-hybridized carbons (Fsp3) is 0. The summed E-state index contributed by atoms with van der Waals surface area (Å²) < 4.78 is 1.06. The van der Waals surface area contributed by atoms with Crippen LogP contribution in [0.3, 0.4) is 0 Å². The first-order valence-corrected chi connectivity index (χ1v) is 3.77. The lowest BCUT2D eigenvalue weighted by Crippen LogP contribution is -2.16. The molecule has 0 fully saturated rings. The van der Waals surface area contributed by atoms with Gasteiger partial charge in [0.1, 0.15) is 0 Å². The molecule has 0 aromatic carbocycles. The number of tetrazole rings is 1. The standard InChI is InChI=1S/C6H4ClN5O/c7-4-3-8-2-1-5(4)12-6(13)9-10-11-12/h1-3H,(H,9,11,13). The van der Waals surface area contributed by atoms with Crippen LogP contribution in [0.2, 0.25) is 5.02 Å². The molecule has 0 bridgehead atoms. The quantitative estimate of drug-likeness (QED) is 0.699. The Morgan fingerprint density at radius 1 is 1.54 bits per heavy atom. The minimum absolute atomic E-state index is 0.346. The van der Waals surface area contributed by atoms with Crippen molar-refractivity contribution < 1.29 is 0 Å². The van der Waals surface area contributed by atoms with Gasteiger partial charge in [-0.3, -0.25) is 4.98 Å². The third kappa shape index (κ3) is 1.31. The van der Waals surface area contributed by atoms with Crippen LogP contribution in [0, 0.1) is 0 Å². The summed E-state index contributed by atoms with van der Waals surface area (Å²) in [6.45, 7) is 0. The number of aromatic amines is 1. The molecule has 7 heteroatoms. The van der Waals surface area contributed by atoms with Gasteiger partial charge in [-0.05, 0) is 16.5 Å². The summed E-state index contributed by atoms with van der Waals surface area (Å²) in [4.78, 5) is 14.9. The SMILES string of the molecule is O=c1[nH]nnn1-c1ccncc1Cl. The summed E-state index contributed by atoms with van der Waals surface area (Å²) in [5, 5.41) is 9.38. The highest BCUT2D eigenvalue weighted by atomic mass is 35.5. The van der Waals surface area contributed by atoms with Crippen LogP contribution < -0.4 is 5.69 Å². The lowest BCUT2D eigenvalue weighted by Gasteiger charge is -1.98. The molecule has 0 aliphatic rings. The molecule has 2 rings (SSSR count). The normalized spacial score (nSPS) is 10.2. The number of H-pyrrole nitrogens is 1. The molecule has 2 aromatic heterocycles. The lowest BCUT2D eigenvalue weighted by molar-refractivity contribution is 0.778. The maximum absolute atomic E-state index is 11.1. The van der Waals surface area contributed by atoms with Crippen LogP contribution in [0.15, 0.2) is 23.3 Å². The first-order valence-electron chi connectivity index (χ1n) is 3.39. The summed E-state index contributed by atoms with van der Waals surface area (Å²) in [6, 6.07) is 1.58. The average molecular weight is 198 g/mol. The zero-order valence-electron chi connectivity index (χ0n) is 6.31. The Balaban J connectivity index is 2.66. The van der Waals surface area contributed by atoms with Gasteiger partial charge in [0.15, 0.2) is 0 Å². The minimum atomic E-state index is -0.437. The van der Waals surface area contributed by atoms with Gasteiger partial charge in [0, 0.05) is 12.4 Å². The Bertz CT molecular complexity index is 476. The second-order valence-electron chi connectivity index (χ2n) is 2.25. The van der Waals surface area contributed by atoms with Crippen LogP contribution in [0.1, 0.15) is 0 Å². The van der Waals surface area contributed by atoms with Gasteiger partial charge >= 0.3 is 5.69 Å². The van der Waals surface area contributed by atoms with Gasteiger partial charge in [0.05, 0.1) is 10.7 Å². The van der Waals surface area contributed by atoms with Crippen molar-refractivity contribution >= 4 is 11.6 Å². The Morgan fingerprint density at radius 2 is 2.38 bits per heavy atom. The molecule has 66 valence electrons. The molecule has 6 nitrogen and oxygen atoms in total. The molecule has 0 spiro atoms. The topological polar surface area (TPSA) is 76.5 Å². The Hall–Kier alpha value is -1.69. The van der Waals surface area contributed by atoms with Gasteiger partial charge in [-0.2, -0.15) is 4.68 Å². The lowest BCUT2D eigenvalue weighted by atomic mass is 10.4. The van der Waals surface area contributed by atoms with E-state index < -0.39 is 5.69 Å². The summed E-state index contributed by atoms with van der Waals surface area (Å²) in [6.07, 6.45) is 2.94. The van der Waals surface area contributed by atoms with E-state index in [0.29, 0.717) is 10.7 Å². The van der Waals surface area contributed by atoms with Crippen molar-refractivity contribution in [2.24, 2.45) is 0 Å². The first kappa shape index (κ1) is 7.93. The van der Waals surface area contributed by atoms with Crippen LogP contribution in [-0.2, 0) is 0 Å². The predicted molar refractivity (Wildman–Crippen MR) is 44.8 cm³/mol. The van der Waals surface area contributed by atoms with Crippen LogP contribution in [-0.4, -0.2) is 25.2 Å². The van der Waals surface area contributed by atoms with Gasteiger partial charge in [-0.15, -0.1) is 0 Å². The third-order valence-electron chi connectivity index (χ3n) is 1.45. The maximum atomic E-state index is 11.1. The van der Waals surface area contributed by atoms with E-state index >= 15 is 0 Å². The number of pyridine rings is 1. The van der Waals surface area contributed by atoms with Crippen molar-refractivity contribution in [3.05, 3.63) is 34.0 Å². The Kier molecular flexibility index (Phi) is 1.82. The number of nitrogens with one attached hydrogen (secondary N) is 1. The zero-order chi connectivity index (χ0) is 9.26. The molecule has 0 unspecified atom stereocenters. The zero-order valence-corrected chi connectivity index (χ0v) is 7.06. The smallest absolute Gasteiger partial charge is 0.263 e. The Morgan fingerprint density at radius 3 is 3.00 bits per heavy atom. The number of hydrogen-bond acceptors (Lipinski definition) is 4. The number of hydrogen-bond donors (Lipinski definition) is 1. The van der Waals surface area contributed by atoms with E-state index in [-0.39, 0.29) is 0 Å². The van der Waals surface area contributed by atoms with E-state index in [9.17, 15) is 4.79 Å². The molecule has 1 N–H and O–H groups in total. The molecule has 0 aliphatic heterocycles. The monoisotopic (exact) mass is 197 g/mol. The highest BCUT2D eigenvalue weighted by Gasteiger charge is 2.06. The molecule has 0 aliphatic carbocycles. The van der Waals surface area contributed by atoms with E-state index in [1.807, 2.05) is 0 Å². The van der Waals surface area contributed by atoms with Gasteiger partial charge < -0.3 is 0 Å². The molecule has 0 saturated heterocycles. The fourth-order valence-corrected chi connectivity index (χ4v) is 1.09. The van der Waals surface area contributed by atoms with Gasteiger partial charge in [-0.1, -0.05) is 11.6 Å². The summed E-state index contributed by atoms with van der Waals surface area (Å²) >= 11 is 5.78. The van der Waals surface area contributed by atoms with Crippen molar-refractivity contribution in [2.45, 2.75) is 0 Å². The van der Waals surface area contributed by atoms with E-state index in [1.165, 1.54) is 12.4 Å². The molecular formula is C6H4ClN5O. The molecule has 0 radical (unpaired) electrons. The highest BCUT2D eigenvalue weighted by Crippen LogP contribution is 2.14. The molecule has 2 heterocycles. The molecular weight excluding hydrogens is 194 g/mol. The fourth-order valence-electron chi connectivity index (χ4n) is 0.895. The first-order chi connectivity index (χ1) is 6.29. The van der Waals surface area contributed by atoms with Crippen LogP contribution >= 0.6 is 11.6 Å². The second-order valence-corrected chi connectivity index (χ2v) is 2.65. The molecule has 13 heavy (non-hydrogen) atoms. The number of aromatic nitrogens is 5. The number of halogens is 1. The van der Waals surface area contributed by atoms with Crippen LogP contribution in [0.25, 0.3) is 5.69 Å². The van der Waals surface area contributed by atoms with E-state index in [0.717, 1.165) is 4.68 Å². The van der Waals surface area contributed by atoms with Gasteiger partial charge in [-0.25, -0.2) is 9.89 Å². The molecule has 0 saturated carbocycles. The van der Waals surface area contributed by atoms with Gasteiger partial charge in [0.2, 0.25) is 0 Å². The van der Waals surface area contributed by atoms with Crippen molar-refractivity contribution in [1.82, 2.24) is 25.2 Å². The van der Waals surface area contributed by atoms with Crippen molar-refractivity contribution in [3.63, 3.8) is 0 Å². The van der Waals surface area contributed by atoms with Crippen molar-refractivity contribution in [1.29, 1.82) is 0 Å². The van der Waals surface area contributed by atoms with Gasteiger partial charge in [0.25, 0.3) is 0 Å². The average Bonchev–Trinajstić information content (AvgIpc) is 2.52. The van der Waals surface area contributed by atoms with Crippen molar-refractivity contribution in [2.75, 3.05) is 0 Å². The minimum Gasteiger partial charge on any atom is -0.263 e. The summed E-state index contributed by atoms with van der Waals surface area (Å²) in [7, 11) is 0. The highest BCUT2D eigenvalue weighted by molar-refractivity contribution is 6.32. The van der Waals surface area contributed by atoms with E-state index in [2.05, 4.69) is 20.5 Å². The predicted octanol–water partition coefficient (Wildman–Crippen LogP) is 0.00400. The molecule has 2 aromatic rings. The Labute approximate surface area is 77.2 Å². The van der Waals surface area contributed by atoms with E-state index in [4.69, 9.17) is 11.6 Å². The third-order valence-corrected chi connectivity index (χ3v) is 1.74. The largest absolute Gasteiger partial charge is 0.365 e. The van der Waals surface area contributed by atoms with Crippen LogP contribution in [0.5, 0.6) is 0 Å².